The summed E-state index contributed by atoms with van der Waals surface area (Å²) in [6.07, 6.45) is -4.02. The standard InChI is InChI=1S/C21H23F3N4O4S/c1-12(25-19(30)32-20(2,3)4)18(29)27(5)16-8-9-17(33-16)28-13(14-7-6-10-31-14)11-15(26-28)21(22,23)24/h6-12H,1-5H3,(H,25,30). The summed E-state index contributed by atoms with van der Waals surface area (Å²) in [6, 6.07) is 6.23. The minimum atomic E-state index is -4.64. The Morgan fingerprint density at radius 2 is 1.94 bits per heavy atom. The average molecular weight is 485 g/mol. The number of nitrogens with one attached hydrogen (secondary N) is 1. The van der Waals surface area contributed by atoms with E-state index in [1.54, 1.807) is 39.0 Å². The summed E-state index contributed by atoms with van der Waals surface area (Å²) in [5.41, 5.74) is -1.66. The first-order valence-corrected chi connectivity index (χ1v) is 10.7. The molecule has 0 radical (unpaired) electrons. The van der Waals surface area contributed by atoms with Gasteiger partial charge < -0.3 is 19.4 Å². The summed E-state index contributed by atoms with van der Waals surface area (Å²) in [4.78, 5) is 26.0. The van der Waals surface area contributed by atoms with Crippen LogP contribution in [0.15, 0.2) is 41.0 Å². The van der Waals surface area contributed by atoms with Gasteiger partial charge in [0, 0.05) is 13.1 Å². The van der Waals surface area contributed by atoms with Crippen LogP contribution in [-0.4, -0.2) is 40.5 Å². The molecule has 178 valence electrons. The maximum atomic E-state index is 13.3. The van der Waals surface area contributed by atoms with Crippen molar-refractivity contribution in [3.63, 3.8) is 0 Å². The topological polar surface area (TPSA) is 89.6 Å². The van der Waals surface area contributed by atoms with Crippen molar-refractivity contribution in [1.29, 1.82) is 0 Å². The molecule has 0 aliphatic carbocycles. The quantitative estimate of drug-likeness (QED) is 0.545. The Morgan fingerprint density at radius 3 is 2.52 bits per heavy atom. The number of hydrogen-bond acceptors (Lipinski definition) is 6. The fourth-order valence-corrected chi connectivity index (χ4v) is 3.78. The zero-order chi connectivity index (χ0) is 24.6. The fourth-order valence-electron chi connectivity index (χ4n) is 2.84. The maximum Gasteiger partial charge on any atom is 0.435 e. The van der Waals surface area contributed by atoms with Gasteiger partial charge in [-0.05, 0) is 52.0 Å². The smallest absolute Gasteiger partial charge is 0.435 e. The molecule has 33 heavy (non-hydrogen) atoms. The zero-order valence-electron chi connectivity index (χ0n) is 18.6. The molecule has 1 atom stereocenters. The number of rotatable bonds is 5. The van der Waals surface area contributed by atoms with Crippen molar-refractivity contribution < 1.29 is 31.9 Å². The lowest BCUT2D eigenvalue weighted by Crippen LogP contribution is -2.47. The van der Waals surface area contributed by atoms with Crippen LogP contribution in [0.2, 0.25) is 0 Å². The number of anilines is 1. The van der Waals surface area contributed by atoms with Crippen molar-refractivity contribution in [2.24, 2.45) is 0 Å². The highest BCUT2D eigenvalue weighted by Crippen LogP contribution is 2.36. The lowest BCUT2D eigenvalue weighted by Gasteiger charge is -2.24. The van der Waals surface area contributed by atoms with Crippen LogP contribution in [0.1, 0.15) is 33.4 Å². The third kappa shape index (κ3) is 5.75. The van der Waals surface area contributed by atoms with E-state index >= 15 is 0 Å². The molecule has 3 heterocycles. The highest BCUT2D eigenvalue weighted by molar-refractivity contribution is 7.18. The second-order valence-electron chi connectivity index (χ2n) is 8.18. The average Bonchev–Trinajstić information content (AvgIpc) is 3.43. The number of amides is 2. The van der Waals surface area contributed by atoms with E-state index in [2.05, 4.69) is 10.4 Å². The van der Waals surface area contributed by atoms with Gasteiger partial charge in [-0.25, -0.2) is 9.48 Å². The van der Waals surface area contributed by atoms with Crippen molar-refractivity contribution in [3.8, 4) is 16.5 Å². The fraction of sp³-hybridized carbons (Fsp3) is 0.381. The van der Waals surface area contributed by atoms with E-state index in [1.807, 2.05) is 0 Å². The van der Waals surface area contributed by atoms with E-state index in [0.717, 1.165) is 22.1 Å². The Balaban J connectivity index is 1.83. The number of carbonyl (C=O) groups is 2. The van der Waals surface area contributed by atoms with Crippen LogP contribution in [0, 0.1) is 0 Å². The van der Waals surface area contributed by atoms with Crippen LogP contribution in [0.5, 0.6) is 0 Å². The zero-order valence-corrected chi connectivity index (χ0v) is 19.4. The summed E-state index contributed by atoms with van der Waals surface area (Å²) < 4.78 is 51.4. The molecule has 3 aromatic heterocycles. The van der Waals surface area contributed by atoms with Crippen molar-refractivity contribution in [2.75, 3.05) is 11.9 Å². The van der Waals surface area contributed by atoms with Gasteiger partial charge in [-0.2, -0.15) is 18.3 Å². The van der Waals surface area contributed by atoms with Gasteiger partial charge in [-0.3, -0.25) is 4.79 Å². The third-order valence-corrected chi connectivity index (χ3v) is 5.46. The first kappa shape index (κ1) is 24.4. The third-order valence-electron chi connectivity index (χ3n) is 4.32. The molecule has 0 bridgehead atoms. The van der Waals surface area contributed by atoms with E-state index in [9.17, 15) is 22.8 Å². The van der Waals surface area contributed by atoms with E-state index in [4.69, 9.17) is 9.15 Å². The monoisotopic (exact) mass is 484 g/mol. The van der Waals surface area contributed by atoms with Crippen molar-refractivity contribution in [1.82, 2.24) is 15.1 Å². The molecule has 0 aliphatic rings. The minimum Gasteiger partial charge on any atom is -0.463 e. The van der Waals surface area contributed by atoms with Crippen LogP contribution in [0.25, 0.3) is 16.5 Å². The number of ether oxygens (including phenoxy) is 1. The summed E-state index contributed by atoms with van der Waals surface area (Å²) in [5.74, 6) is -0.218. The lowest BCUT2D eigenvalue weighted by atomic mass is 10.2. The summed E-state index contributed by atoms with van der Waals surface area (Å²) in [5, 5.41) is 6.96. The van der Waals surface area contributed by atoms with Crippen LogP contribution in [-0.2, 0) is 15.7 Å². The first-order chi connectivity index (χ1) is 15.3. The largest absolute Gasteiger partial charge is 0.463 e. The molecule has 2 amide bonds. The molecular formula is C21H23F3N4O4S. The molecule has 0 saturated heterocycles. The van der Waals surface area contributed by atoms with Crippen molar-refractivity contribution >= 4 is 28.3 Å². The number of likely N-dealkylation sites (N-methyl/N-ethyl adjacent to an activating group) is 1. The Bertz CT molecular complexity index is 1130. The number of nitrogens with zero attached hydrogens (tertiary/aromatic N) is 3. The summed E-state index contributed by atoms with van der Waals surface area (Å²) >= 11 is 1.06. The second kappa shape index (κ2) is 8.93. The normalized spacial score (nSPS) is 13.0. The van der Waals surface area contributed by atoms with Gasteiger partial charge in [0.05, 0.1) is 11.3 Å². The maximum absolute atomic E-state index is 13.3. The first-order valence-electron chi connectivity index (χ1n) is 9.84. The van der Waals surface area contributed by atoms with Gasteiger partial charge >= 0.3 is 12.3 Å². The molecule has 0 aromatic carbocycles. The van der Waals surface area contributed by atoms with Gasteiger partial charge in [0.25, 0.3) is 0 Å². The Morgan fingerprint density at radius 1 is 1.24 bits per heavy atom. The molecule has 3 aromatic rings. The van der Waals surface area contributed by atoms with Gasteiger partial charge in [0.2, 0.25) is 5.91 Å². The predicted molar refractivity (Wildman–Crippen MR) is 116 cm³/mol. The molecule has 0 spiro atoms. The number of aromatic nitrogens is 2. The van der Waals surface area contributed by atoms with E-state index in [1.165, 1.54) is 31.2 Å². The summed E-state index contributed by atoms with van der Waals surface area (Å²) in [6.45, 7) is 6.62. The SMILES string of the molecule is CC(NC(=O)OC(C)(C)C)C(=O)N(C)c1ccc(-n2nc(C(F)(F)F)cc2-c2ccco2)s1. The Kier molecular flexibility index (Phi) is 6.59. The molecule has 3 rings (SSSR count). The number of halogens is 3. The van der Waals surface area contributed by atoms with E-state index in [-0.39, 0.29) is 11.5 Å². The number of carbonyl (C=O) groups excluding carboxylic acids is 2. The molecule has 0 saturated carbocycles. The number of alkyl halides is 3. The van der Waals surface area contributed by atoms with Crippen LogP contribution >= 0.6 is 11.3 Å². The molecule has 1 unspecified atom stereocenters. The Hall–Kier alpha value is -3.28. The number of hydrogen-bond donors (Lipinski definition) is 1. The van der Waals surface area contributed by atoms with Gasteiger partial charge in [0.15, 0.2) is 11.5 Å². The van der Waals surface area contributed by atoms with E-state index < -0.39 is 35.5 Å². The van der Waals surface area contributed by atoms with Crippen LogP contribution < -0.4 is 10.2 Å². The highest BCUT2D eigenvalue weighted by atomic mass is 32.1. The summed E-state index contributed by atoms with van der Waals surface area (Å²) in [7, 11) is 1.50. The number of furan rings is 1. The minimum absolute atomic E-state index is 0.120. The van der Waals surface area contributed by atoms with Crippen LogP contribution in [0.4, 0.5) is 23.0 Å². The van der Waals surface area contributed by atoms with Gasteiger partial charge in [-0.15, -0.1) is 0 Å². The highest BCUT2D eigenvalue weighted by Gasteiger charge is 2.36. The van der Waals surface area contributed by atoms with Gasteiger partial charge in [-0.1, -0.05) is 11.3 Å². The van der Waals surface area contributed by atoms with E-state index in [0.29, 0.717) is 10.0 Å². The van der Waals surface area contributed by atoms with Crippen LogP contribution in [0.3, 0.4) is 0 Å². The van der Waals surface area contributed by atoms with Gasteiger partial charge in [0.1, 0.15) is 22.3 Å². The molecule has 1 N–H and O–H groups in total. The van der Waals surface area contributed by atoms with Crippen molar-refractivity contribution in [2.45, 2.75) is 45.5 Å². The molecule has 12 heteroatoms. The predicted octanol–water partition coefficient (Wildman–Crippen LogP) is 5.09. The molecule has 0 aliphatic heterocycles. The molecular weight excluding hydrogens is 461 g/mol. The number of thiophene rings is 1. The second-order valence-corrected chi connectivity index (χ2v) is 9.22. The molecule has 0 fully saturated rings. The number of alkyl carbamates (subject to hydrolysis) is 1. The lowest BCUT2D eigenvalue weighted by molar-refractivity contribution is -0.141. The molecule has 8 nitrogen and oxygen atoms in total. The Labute approximate surface area is 191 Å². The van der Waals surface area contributed by atoms with Crippen molar-refractivity contribution in [3.05, 3.63) is 42.3 Å².